The molecule has 0 aromatic rings. The van der Waals surface area contributed by atoms with Crippen molar-refractivity contribution in [3.63, 3.8) is 0 Å². The van der Waals surface area contributed by atoms with Gasteiger partial charge in [-0.2, -0.15) is 27.7 Å². The third kappa shape index (κ3) is 45.0. The molecule has 0 heterocycles. The average molecular weight is 652 g/mol. The van der Waals surface area contributed by atoms with Gasteiger partial charge in [0.25, 0.3) is 0 Å². The van der Waals surface area contributed by atoms with E-state index in [1.54, 1.807) is 13.8 Å². The maximum Gasteiger partial charge on any atom is 0.303 e. The molecule has 2 N–H and O–H groups in total. The van der Waals surface area contributed by atoms with Crippen LogP contribution in [0.5, 0.6) is 0 Å². The molecule has 0 aliphatic carbocycles. The molecule has 7 nitrogen and oxygen atoms in total. The van der Waals surface area contributed by atoms with Gasteiger partial charge in [-0.1, -0.05) is 0 Å². The Kier molecular flexibility index (Phi) is 34.2. The molecule has 0 aliphatic rings. The largest absolute Gasteiger partial charge is 0.481 e. The van der Waals surface area contributed by atoms with Crippen molar-refractivity contribution in [2.24, 2.45) is 0 Å². The summed E-state index contributed by atoms with van der Waals surface area (Å²) in [4.78, 5) is 32.0. The van der Waals surface area contributed by atoms with E-state index in [-0.39, 0.29) is 101 Å². The van der Waals surface area contributed by atoms with Crippen molar-refractivity contribution >= 4 is 17.5 Å². The summed E-state index contributed by atoms with van der Waals surface area (Å²) in [6.07, 6.45) is 3.28. The molecular weight excluding hydrogens is 602 g/mol. The average Bonchev–Trinajstić information content (AvgIpc) is 2.65. The van der Waals surface area contributed by atoms with Crippen LogP contribution in [-0.2, 0) is 89.3 Å². The van der Waals surface area contributed by atoms with E-state index < -0.39 is 5.97 Å². The van der Waals surface area contributed by atoms with Gasteiger partial charge in [-0.25, -0.2) is 0 Å². The Morgan fingerprint density at radius 2 is 0.971 bits per heavy atom. The van der Waals surface area contributed by atoms with Gasteiger partial charge in [-0.3, -0.25) is 4.79 Å². The molecule has 9 heteroatoms. The normalized spacial score (nSPS) is 10.3. The molecule has 0 aromatic carbocycles. The second-order valence-corrected chi connectivity index (χ2v) is 10.2. The van der Waals surface area contributed by atoms with Crippen LogP contribution in [0.4, 0.5) is 0 Å². The molecule has 0 spiro atoms. The van der Waals surface area contributed by atoms with Gasteiger partial charge in [0.2, 0.25) is 0 Å². The number of aliphatic carboxylic acids is 1. The van der Waals surface area contributed by atoms with Gasteiger partial charge in [0.15, 0.2) is 0 Å². The fraction of sp³-hybridized carbons (Fsp3) is 0.808. The number of carbonyl (C=O) groups excluding carboxylic acids is 2. The number of carboxylic acids is 1. The van der Waals surface area contributed by atoms with E-state index >= 15 is 0 Å². The Balaban J connectivity index is -0.000000127. The standard InChI is InChI=1S/C11H21O2.C8H16O3.C7H13O2.2Y/c1-9(2)10(12)7-6-8-13-11(3,4)5;1-8(2,3)11-6-4-5-7(9)10;1-6(2)7(9)4-3-5-8;;/h6-8H2,1-5H3;4-6H2,1-3H3,(H,9,10);8H,3-5H2,1-2H3;;/q-1;;-1;;. The summed E-state index contributed by atoms with van der Waals surface area (Å²) in [5, 5.41) is 16.6. The van der Waals surface area contributed by atoms with E-state index in [1.165, 1.54) is 0 Å². The summed E-state index contributed by atoms with van der Waals surface area (Å²) in [6, 6.07) is 0. The minimum atomic E-state index is -0.762. The number of aliphatic hydroxyl groups is 1. The topological polar surface area (TPSA) is 110 Å². The molecule has 0 fully saturated rings. The first-order chi connectivity index (χ1) is 14.9. The molecule has 0 atom stereocenters. The van der Waals surface area contributed by atoms with Gasteiger partial charge in [0.05, 0.1) is 11.2 Å². The molecule has 0 aliphatic heterocycles. The van der Waals surface area contributed by atoms with Crippen LogP contribution >= 0.6 is 0 Å². The third-order valence-corrected chi connectivity index (χ3v) is 3.83. The van der Waals surface area contributed by atoms with E-state index in [0.717, 1.165) is 18.3 Å². The predicted octanol–water partition coefficient (Wildman–Crippen LogP) is 5.37. The minimum Gasteiger partial charge on any atom is -0.481 e. The molecule has 0 saturated heterocycles. The fourth-order valence-corrected chi connectivity index (χ4v) is 1.95. The van der Waals surface area contributed by atoms with Crippen LogP contribution in [0.1, 0.15) is 108 Å². The van der Waals surface area contributed by atoms with Gasteiger partial charge in [0.1, 0.15) is 0 Å². The van der Waals surface area contributed by atoms with Gasteiger partial charge in [-0.15, -0.1) is 0 Å². The quantitative estimate of drug-likeness (QED) is 0.204. The van der Waals surface area contributed by atoms with Crippen LogP contribution in [0.2, 0.25) is 0 Å². The number of Topliss-reactive ketones (excluding diaryl/α,β-unsaturated/α-hetero) is 2. The van der Waals surface area contributed by atoms with Crippen molar-refractivity contribution in [1.82, 2.24) is 0 Å². The number of ether oxygens (including phenoxy) is 2. The van der Waals surface area contributed by atoms with Crippen LogP contribution < -0.4 is 0 Å². The van der Waals surface area contributed by atoms with E-state index in [0.29, 0.717) is 38.9 Å². The number of hydrogen-bond acceptors (Lipinski definition) is 6. The Morgan fingerprint density at radius 1 is 0.657 bits per heavy atom. The van der Waals surface area contributed by atoms with Crippen molar-refractivity contribution in [2.45, 2.75) is 119 Å². The van der Waals surface area contributed by atoms with Gasteiger partial charge in [-0.05, 0) is 73.6 Å². The Labute approximate surface area is 265 Å². The summed E-state index contributed by atoms with van der Waals surface area (Å²) in [6.45, 7) is 20.5. The molecule has 204 valence electrons. The van der Waals surface area contributed by atoms with Crippen molar-refractivity contribution in [3.8, 4) is 0 Å². The van der Waals surface area contributed by atoms with Crippen molar-refractivity contribution in [1.29, 1.82) is 0 Å². The van der Waals surface area contributed by atoms with Gasteiger partial charge >= 0.3 is 5.97 Å². The molecule has 0 saturated carbocycles. The molecular formula is C26H50O7Y2-2. The van der Waals surface area contributed by atoms with Crippen LogP contribution in [0.3, 0.4) is 0 Å². The maximum atomic E-state index is 11.2. The number of hydrogen-bond donors (Lipinski definition) is 2. The molecule has 0 rings (SSSR count). The van der Waals surface area contributed by atoms with E-state index in [2.05, 4.69) is 0 Å². The van der Waals surface area contributed by atoms with Crippen LogP contribution in [0, 0.1) is 11.8 Å². The number of carbonyl (C=O) groups is 3. The van der Waals surface area contributed by atoms with Crippen LogP contribution in [-0.4, -0.2) is 58.8 Å². The zero-order chi connectivity index (χ0) is 26.7. The second kappa shape index (κ2) is 26.3. The van der Waals surface area contributed by atoms with Crippen molar-refractivity contribution < 1.29 is 99.5 Å². The first kappa shape index (κ1) is 45.6. The Hall–Kier alpha value is 0.638. The van der Waals surface area contributed by atoms with Crippen LogP contribution in [0.25, 0.3) is 0 Å². The Bertz CT molecular complexity index is 523. The van der Waals surface area contributed by atoms with E-state index in [9.17, 15) is 14.4 Å². The zero-order valence-electron chi connectivity index (χ0n) is 24.0. The van der Waals surface area contributed by atoms with E-state index in [4.69, 9.17) is 19.7 Å². The first-order valence-corrected chi connectivity index (χ1v) is 11.7. The summed E-state index contributed by atoms with van der Waals surface area (Å²) in [7, 11) is 0. The monoisotopic (exact) mass is 652 g/mol. The summed E-state index contributed by atoms with van der Waals surface area (Å²) in [5.41, 5.74) is -0.244. The molecule has 0 unspecified atom stereocenters. The molecule has 0 aromatic heterocycles. The van der Waals surface area contributed by atoms with Crippen LogP contribution in [0.15, 0.2) is 0 Å². The van der Waals surface area contributed by atoms with E-state index in [1.807, 2.05) is 55.4 Å². The summed E-state index contributed by atoms with van der Waals surface area (Å²) in [5.74, 6) is 1.35. The Morgan fingerprint density at radius 3 is 1.23 bits per heavy atom. The van der Waals surface area contributed by atoms with Crippen molar-refractivity contribution in [3.05, 3.63) is 11.8 Å². The predicted molar refractivity (Wildman–Crippen MR) is 133 cm³/mol. The molecule has 0 amide bonds. The smallest absolute Gasteiger partial charge is 0.303 e. The fourth-order valence-electron chi connectivity index (χ4n) is 1.95. The molecule has 35 heavy (non-hydrogen) atoms. The summed E-state index contributed by atoms with van der Waals surface area (Å²) >= 11 is 0. The van der Waals surface area contributed by atoms with Gasteiger partial charge in [0, 0.05) is 103 Å². The molecule has 0 bridgehead atoms. The SMILES string of the molecule is CC(C)(C)OCCCC(=O)O.C[C-](C)C(=O)CCCO.C[C-](C)C(=O)CCCOC(C)(C)C.[Y].[Y]. The zero-order valence-corrected chi connectivity index (χ0v) is 29.6. The van der Waals surface area contributed by atoms with Crippen molar-refractivity contribution in [2.75, 3.05) is 19.8 Å². The van der Waals surface area contributed by atoms with Gasteiger partial charge < -0.3 is 41.1 Å². The summed E-state index contributed by atoms with van der Waals surface area (Å²) < 4.78 is 10.8. The second-order valence-electron chi connectivity index (χ2n) is 10.2. The number of carboxylic acid groups (broad SMARTS) is 1. The first-order valence-electron chi connectivity index (χ1n) is 11.7. The third-order valence-electron chi connectivity index (χ3n) is 3.83. The number of aliphatic hydroxyl groups excluding tert-OH is 1. The number of rotatable bonds is 13. The number of ketones is 2. The molecule has 2 radical (unpaired) electrons. The minimum absolute atomic E-state index is 0. The maximum absolute atomic E-state index is 11.2.